The van der Waals surface area contributed by atoms with Crippen LogP contribution in [0.15, 0.2) is 97.1 Å². The fourth-order valence-electron chi connectivity index (χ4n) is 4.99. The molecule has 6 rings (SSSR count). The van der Waals surface area contributed by atoms with Crippen molar-refractivity contribution in [1.82, 2.24) is 0 Å². The minimum atomic E-state index is -0.872. The summed E-state index contributed by atoms with van der Waals surface area (Å²) in [7, 11) is 0. The summed E-state index contributed by atoms with van der Waals surface area (Å²) in [5.41, 5.74) is 3.43. The molecule has 4 aromatic carbocycles. The smallest absolute Gasteiger partial charge is 0.266 e. The van der Waals surface area contributed by atoms with Crippen LogP contribution in [-0.4, -0.2) is 17.9 Å². The Balaban J connectivity index is 1.50. The third-order valence-corrected chi connectivity index (χ3v) is 6.56. The van der Waals surface area contributed by atoms with Crippen LogP contribution in [-0.2, 0) is 14.4 Å². The van der Waals surface area contributed by atoms with E-state index in [1.165, 1.54) is 4.90 Å². The Morgan fingerprint density at radius 3 is 2.18 bits per heavy atom. The van der Waals surface area contributed by atoms with Crippen molar-refractivity contribution < 1.29 is 14.4 Å². The number of carbonyl (C=O) groups is 2. The highest BCUT2D eigenvalue weighted by Crippen LogP contribution is 2.48. The highest BCUT2D eigenvalue weighted by atomic mass is 16.7. The Morgan fingerprint density at radius 1 is 0.697 bits per heavy atom. The highest BCUT2D eigenvalue weighted by Gasteiger charge is 2.60. The van der Waals surface area contributed by atoms with Crippen molar-refractivity contribution >= 4 is 34.0 Å². The van der Waals surface area contributed by atoms with Crippen molar-refractivity contribution in [2.24, 2.45) is 5.92 Å². The second kappa shape index (κ2) is 7.57. The topological polar surface area (TPSA) is 49.9 Å². The molecule has 2 saturated heterocycles. The first kappa shape index (κ1) is 19.7. The normalized spacial score (nSPS) is 22.3. The zero-order valence-corrected chi connectivity index (χ0v) is 18.1. The van der Waals surface area contributed by atoms with Gasteiger partial charge in [-0.05, 0) is 47.5 Å². The number of rotatable bonds is 3. The highest BCUT2D eigenvalue weighted by molar-refractivity contribution is 6.24. The number of anilines is 2. The van der Waals surface area contributed by atoms with Crippen molar-refractivity contribution in [3.8, 4) is 0 Å². The SMILES string of the molecule is Cc1ccc(N2C(=O)[C@H]3[C@H](ON(c4ccccc4)[C@H]3c3cccc4ccccc34)C2=O)cc1. The van der Waals surface area contributed by atoms with Crippen LogP contribution in [0, 0.1) is 12.8 Å². The van der Waals surface area contributed by atoms with Gasteiger partial charge in [-0.1, -0.05) is 78.4 Å². The molecule has 2 fully saturated rings. The summed E-state index contributed by atoms with van der Waals surface area (Å²) in [6.45, 7) is 1.98. The molecule has 2 heterocycles. The Labute approximate surface area is 191 Å². The number of hydrogen-bond donors (Lipinski definition) is 0. The van der Waals surface area contributed by atoms with Crippen LogP contribution in [0.4, 0.5) is 11.4 Å². The lowest BCUT2D eigenvalue weighted by Crippen LogP contribution is -2.37. The molecule has 0 N–H and O–H groups in total. The first-order chi connectivity index (χ1) is 16.1. The van der Waals surface area contributed by atoms with Crippen molar-refractivity contribution in [2.75, 3.05) is 9.96 Å². The number of amides is 2. The third-order valence-electron chi connectivity index (χ3n) is 6.56. The van der Waals surface area contributed by atoms with E-state index in [2.05, 4.69) is 18.2 Å². The van der Waals surface area contributed by atoms with E-state index in [1.54, 1.807) is 5.06 Å². The fourth-order valence-corrected chi connectivity index (χ4v) is 4.99. The molecular formula is C28H22N2O3. The number of benzene rings is 4. The number of carbonyl (C=O) groups excluding carboxylic acids is 2. The van der Waals surface area contributed by atoms with E-state index >= 15 is 0 Å². The molecule has 4 aromatic rings. The van der Waals surface area contributed by atoms with E-state index in [4.69, 9.17) is 4.84 Å². The van der Waals surface area contributed by atoms with Gasteiger partial charge in [0, 0.05) is 0 Å². The van der Waals surface area contributed by atoms with E-state index < -0.39 is 18.1 Å². The van der Waals surface area contributed by atoms with Crippen LogP contribution in [0.2, 0.25) is 0 Å². The Morgan fingerprint density at radius 2 is 1.39 bits per heavy atom. The molecule has 2 aliphatic rings. The summed E-state index contributed by atoms with van der Waals surface area (Å²) in [4.78, 5) is 34.8. The Bertz CT molecular complexity index is 1360. The van der Waals surface area contributed by atoms with Gasteiger partial charge in [0.2, 0.25) is 5.91 Å². The third kappa shape index (κ3) is 3.04. The number of para-hydroxylation sites is 1. The van der Waals surface area contributed by atoms with Gasteiger partial charge in [-0.3, -0.25) is 14.4 Å². The number of imide groups is 1. The number of fused-ring (bicyclic) bond motifs is 2. The van der Waals surface area contributed by atoms with Crippen LogP contribution in [0.3, 0.4) is 0 Å². The lowest BCUT2D eigenvalue weighted by molar-refractivity contribution is -0.126. The average molecular weight is 434 g/mol. The van der Waals surface area contributed by atoms with Crippen molar-refractivity contribution in [1.29, 1.82) is 0 Å². The summed E-state index contributed by atoms with van der Waals surface area (Å²) >= 11 is 0. The summed E-state index contributed by atoms with van der Waals surface area (Å²) in [6.07, 6.45) is -0.872. The zero-order chi connectivity index (χ0) is 22.5. The van der Waals surface area contributed by atoms with Gasteiger partial charge in [-0.2, -0.15) is 0 Å². The van der Waals surface area contributed by atoms with Gasteiger partial charge in [0.15, 0.2) is 6.10 Å². The van der Waals surface area contributed by atoms with Gasteiger partial charge in [0.25, 0.3) is 5.91 Å². The first-order valence-electron chi connectivity index (χ1n) is 11.1. The molecule has 2 amide bonds. The van der Waals surface area contributed by atoms with Crippen LogP contribution in [0.5, 0.6) is 0 Å². The van der Waals surface area contributed by atoms with Gasteiger partial charge in [0.1, 0.15) is 5.92 Å². The minimum absolute atomic E-state index is 0.231. The zero-order valence-electron chi connectivity index (χ0n) is 18.1. The van der Waals surface area contributed by atoms with Crippen LogP contribution in [0.1, 0.15) is 17.2 Å². The number of aryl methyl sites for hydroxylation is 1. The summed E-state index contributed by atoms with van der Waals surface area (Å²) in [5.74, 6) is -1.20. The van der Waals surface area contributed by atoms with Crippen LogP contribution in [0.25, 0.3) is 10.8 Å². The van der Waals surface area contributed by atoms with Gasteiger partial charge < -0.3 is 0 Å². The van der Waals surface area contributed by atoms with Gasteiger partial charge in [0.05, 0.1) is 17.4 Å². The molecule has 0 spiro atoms. The second-order valence-electron chi connectivity index (χ2n) is 8.57. The number of hydroxylamine groups is 1. The van der Waals surface area contributed by atoms with Gasteiger partial charge in [-0.15, -0.1) is 0 Å². The molecule has 162 valence electrons. The standard InChI is InChI=1S/C28H22N2O3/c1-18-14-16-20(17-15-18)29-27(31)24-25(23-13-7-9-19-8-5-6-12-22(19)23)30(33-26(24)28(29)32)21-10-3-2-4-11-21/h2-17,24-26H,1H3/t24-,25+,26+/m1/s1. The molecule has 33 heavy (non-hydrogen) atoms. The predicted molar refractivity (Wildman–Crippen MR) is 128 cm³/mol. The monoisotopic (exact) mass is 434 g/mol. The van der Waals surface area contributed by atoms with E-state index in [9.17, 15) is 9.59 Å². The Kier molecular flexibility index (Phi) is 4.52. The van der Waals surface area contributed by atoms with Crippen molar-refractivity contribution in [2.45, 2.75) is 19.1 Å². The van der Waals surface area contributed by atoms with Crippen LogP contribution < -0.4 is 9.96 Å². The quantitative estimate of drug-likeness (QED) is 0.416. The second-order valence-corrected chi connectivity index (χ2v) is 8.57. The predicted octanol–water partition coefficient (Wildman–Crippen LogP) is 5.20. The van der Waals surface area contributed by atoms with E-state index in [-0.39, 0.29) is 11.8 Å². The maximum atomic E-state index is 13.8. The molecule has 0 aliphatic carbocycles. The maximum Gasteiger partial charge on any atom is 0.266 e. The summed E-state index contributed by atoms with van der Waals surface area (Å²) in [6, 6.07) is 30.8. The van der Waals surface area contributed by atoms with Crippen LogP contribution >= 0.6 is 0 Å². The van der Waals surface area contributed by atoms with E-state index in [1.807, 2.05) is 85.8 Å². The molecule has 0 aromatic heterocycles. The molecule has 3 atom stereocenters. The van der Waals surface area contributed by atoms with Gasteiger partial charge >= 0.3 is 0 Å². The molecule has 0 saturated carbocycles. The first-order valence-corrected chi connectivity index (χ1v) is 11.1. The molecule has 0 bridgehead atoms. The largest absolute Gasteiger partial charge is 0.273 e. The molecule has 5 heteroatoms. The van der Waals surface area contributed by atoms with Crippen molar-refractivity contribution in [3.05, 3.63) is 108 Å². The molecule has 0 unspecified atom stereocenters. The van der Waals surface area contributed by atoms with Gasteiger partial charge in [-0.25, -0.2) is 9.96 Å². The molecule has 0 radical (unpaired) electrons. The lowest BCUT2D eigenvalue weighted by atomic mass is 9.87. The van der Waals surface area contributed by atoms with E-state index in [0.29, 0.717) is 5.69 Å². The Hall–Kier alpha value is -3.96. The molecule has 5 nitrogen and oxygen atoms in total. The maximum absolute atomic E-state index is 13.8. The number of hydrogen-bond acceptors (Lipinski definition) is 4. The summed E-state index contributed by atoms with van der Waals surface area (Å²) < 4.78 is 0. The minimum Gasteiger partial charge on any atom is -0.273 e. The number of nitrogens with zero attached hydrogens (tertiary/aromatic N) is 2. The van der Waals surface area contributed by atoms with Crippen molar-refractivity contribution in [3.63, 3.8) is 0 Å². The van der Waals surface area contributed by atoms with E-state index in [0.717, 1.165) is 27.6 Å². The lowest BCUT2D eigenvalue weighted by Gasteiger charge is -2.29. The average Bonchev–Trinajstić information content (AvgIpc) is 3.36. The fraction of sp³-hybridized carbons (Fsp3) is 0.143. The molecule has 2 aliphatic heterocycles. The summed E-state index contributed by atoms with van der Waals surface area (Å²) in [5, 5.41) is 3.88. The molecular weight excluding hydrogens is 412 g/mol.